The average Bonchev–Trinajstić information content (AvgIpc) is 2.35. The van der Waals surface area contributed by atoms with Crippen LogP contribution in [0.15, 0.2) is 40.9 Å². The number of aryl methyl sites for hydroxylation is 1. The van der Waals surface area contributed by atoms with Crippen molar-refractivity contribution in [3.63, 3.8) is 0 Å². The molecule has 0 heterocycles. The molecule has 1 amide bonds. The Bertz CT molecular complexity index is 623. The van der Waals surface area contributed by atoms with Crippen molar-refractivity contribution in [2.45, 2.75) is 6.92 Å². The maximum atomic E-state index is 13.6. The van der Waals surface area contributed by atoms with Crippen LogP contribution in [0.2, 0.25) is 0 Å². The Hall–Kier alpha value is -1.88. The molecule has 0 unspecified atom stereocenters. The molecule has 0 bridgehead atoms. The lowest BCUT2D eigenvalue weighted by molar-refractivity contribution is 0.102. The molecule has 0 fully saturated rings. The second kappa shape index (κ2) is 5.40. The molecular weight excluding hydrogens is 313 g/mol. The second-order valence-corrected chi connectivity index (χ2v) is 4.82. The molecular formula is C14H11BrFNO2. The molecule has 2 aromatic carbocycles. The summed E-state index contributed by atoms with van der Waals surface area (Å²) in [6, 6.07) is 9.07. The topological polar surface area (TPSA) is 49.3 Å². The molecule has 3 nitrogen and oxygen atoms in total. The van der Waals surface area contributed by atoms with Gasteiger partial charge in [0.2, 0.25) is 0 Å². The van der Waals surface area contributed by atoms with E-state index in [-0.39, 0.29) is 11.3 Å². The summed E-state index contributed by atoms with van der Waals surface area (Å²) in [7, 11) is 0. The van der Waals surface area contributed by atoms with Crippen molar-refractivity contribution in [1.82, 2.24) is 0 Å². The van der Waals surface area contributed by atoms with Gasteiger partial charge in [0.05, 0.1) is 5.69 Å². The van der Waals surface area contributed by atoms with E-state index in [1.54, 1.807) is 12.1 Å². The number of phenolic OH excluding ortho intramolecular Hbond substituents is 1. The monoisotopic (exact) mass is 323 g/mol. The van der Waals surface area contributed by atoms with Crippen LogP contribution in [0.1, 0.15) is 15.9 Å². The lowest BCUT2D eigenvalue weighted by Crippen LogP contribution is -2.14. The first-order chi connectivity index (χ1) is 9.00. The predicted molar refractivity (Wildman–Crippen MR) is 74.9 cm³/mol. The molecule has 0 saturated heterocycles. The zero-order chi connectivity index (χ0) is 14.0. The molecule has 98 valence electrons. The number of amides is 1. The molecule has 0 aliphatic heterocycles. The van der Waals surface area contributed by atoms with Gasteiger partial charge in [-0.2, -0.15) is 0 Å². The van der Waals surface area contributed by atoms with E-state index < -0.39 is 11.7 Å². The van der Waals surface area contributed by atoms with Crippen molar-refractivity contribution in [3.8, 4) is 5.75 Å². The fourth-order valence-corrected chi connectivity index (χ4v) is 2.03. The summed E-state index contributed by atoms with van der Waals surface area (Å²) in [5.74, 6) is -1.84. The van der Waals surface area contributed by atoms with Crippen LogP contribution in [0.25, 0.3) is 0 Å². The molecule has 0 radical (unpaired) electrons. The number of hydrogen-bond donors (Lipinski definition) is 2. The third-order valence-electron chi connectivity index (χ3n) is 2.66. The van der Waals surface area contributed by atoms with E-state index in [4.69, 9.17) is 0 Å². The zero-order valence-electron chi connectivity index (χ0n) is 10.1. The van der Waals surface area contributed by atoms with Gasteiger partial charge in [0, 0.05) is 4.47 Å². The van der Waals surface area contributed by atoms with Crippen LogP contribution in [-0.2, 0) is 0 Å². The van der Waals surface area contributed by atoms with Gasteiger partial charge >= 0.3 is 0 Å². The molecule has 19 heavy (non-hydrogen) atoms. The van der Waals surface area contributed by atoms with Crippen molar-refractivity contribution in [2.24, 2.45) is 0 Å². The fraction of sp³-hybridized carbons (Fsp3) is 0.0714. The van der Waals surface area contributed by atoms with Crippen molar-refractivity contribution >= 4 is 27.5 Å². The molecule has 0 spiro atoms. The van der Waals surface area contributed by atoms with Crippen LogP contribution in [0.3, 0.4) is 0 Å². The first-order valence-electron chi connectivity index (χ1n) is 5.54. The molecule has 5 heteroatoms. The van der Waals surface area contributed by atoms with Crippen LogP contribution in [0.5, 0.6) is 5.75 Å². The highest BCUT2D eigenvalue weighted by Gasteiger charge is 2.17. The summed E-state index contributed by atoms with van der Waals surface area (Å²) >= 11 is 3.35. The minimum absolute atomic E-state index is 0.365. The lowest BCUT2D eigenvalue weighted by Gasteiger charge is -2.10. The third kappa shape index (κ3) is 2.76. The third-order valence-corrected chi connectivity index (χ3v) is 3.71. The second-order valence-electron chi connectivity index (χ2n) is 4.02. The quantitative estimate of drug-likeness (QED) is 0.881. The van der Waals surface area contributed by atoms with Gasteiger partial charge in [-0.05, 0) is 46.6 Å². The van der Waals surface area contributed by atoms with Crippen molar-refractivity contribution < 1.29 is 14.3 Å². The number of rotatable bonds is 2. The minimum Gasteiger partial charge on any atom is -0.507 e. The molecule has 0 aliphatic carbocycles. The highest BCUT2D eigenvalue weighted by atomic mass is 79.9. The minimum atomic E-state index is -0.763. The van der Waals surface area contributed by atoms with E-state index in [1.807, 2.05) is 13.0 Å². The Kier molecular flexibility index (Phi) is 3.85. The van der Waals surface area contributed by atoms with E-state index in [0.717, 1.165) is 16.1 Å². The summed E-state index contributed by atoms with van der Waals surface area (Å²) in [6.07, 6.45) is 0. The number of halogens is 2. The summed E-state index contributed by atoms with van der Waals surface area (Å²) in [5, 5.41) is 12.1. The van der Waals surface area contributed by atoms with Crippen molar-refractivity contribution in [2.75, 3.05) is 5.32 Å². The number of phenols is 1. The number of aromatic hydroxyl groups is 1. The number of nitrogens with one attached hydrogen (secondary N) is 1. The number of carbonyl (C=O) groups is 1. The smallest absolute Gasteiger partial charge is 0.262 e. The maximum Gasteiger partial charge on any atom is 0.262 e. The SMILES string of the molecule is Cc1cccc(NC(=O)c2c(O)cccc2F)c1Br. The summed E-state index contributed by atoms with van der Waals surface area (Å²) in [6.45, 7) is 1.88. The molecule has 2 aromatic rings. The van der Waals surface area contributed by atoms with Gasteiger partial charge in [-0.3, -0.25) is 4.79 Å². The Balaban J connectivity index is 2.34. The molecule has 0 aromatic heterocycles. The fourth-order valence-electron chi connectivity index (χ4n) is 1.67. The first-order valence-corrected chi connectivity index (χ1v) is 6.34. The predicted octanol–water partition coefficient (Wildman–Crippen LogP) is 3.85. The standard InChI is InChI=1S/C14H11BrFNO2/c1-8-4-2-6-10(13(8)15)17-14(19)12-9(16)5-3-7-11(12)18/h2-7,18H,1H3,(H,17,19). The Labute approximate surface area is 118 Å². The Morgan fingerprint density at radius 2 is 1.95 bits per heavy atom. The van der Waals surface area contributed by atoms with E-state index in [1.165, 1.54) is 12.1 Å². The molecule has 0 saturated carbocycles. The number of anilines is 1. The summed E-state index contributed by atoms with van der Waals surface area (Å²) in [5.41, 5.74) is 1.10. The van der Waals surface area contributed by atoms with E-state index >= 15 is 0 Å². The average molecular weight is 324 g/mol. The lowest BCUT2D eigenvalue weighted by atomic mass is 10.1. The van der Waals surface area contributed by atoms with E-state index in [2.05, 4.69) is 21.2 Å². The number of carbonyl (C=O) groups excluding carboxylic acids is 1. The van der Waals surface area contributed by atoms with Gasteiger partial charge in [0.25, 0.3) is 5.91 Å². The molecule has 0 aliphatic rings. The summed E-state index contributed by atoms with van der Waals surface area (Å²) < 4.78 is 14.3. The van der Waals surface area contributed by atoms with Crippen molar-refractivity contribution in [1.29, 1.82) is 0 Å². The van der Waals surface area contributed by atoms with Crippen molar-refractivity contribution in [3.05, 3.63) is 57.8 Å². The first kappa shape index (κ1) is 13.5. The van der Waals surface area contributed by atoms with Gasteiger partial charge in [0.15, 0.2) is 0 Å². The van der Waals surface area contributed by atoms with E-state index in [0.29, 0.717) is 5.69 Å². The van der Waals surface area contributed by atoms with E-state index in [9.17, 15) is 14.3 Å². The van der Waals surface area contributed by atoms with Gasteiger partial charge in [-0.1, -0.05) is 18.2 Å². The molecule has 2 rings (SSSR count). The van der Waals surface area contributed by atoms with Crippen LogP contribution in [0, 0.1) is 12.7 Å². The zero-order valence-corrected chi connectivity index (χ0v) is 11.7. The van der Waals surface area contributed by atoms with Crippen LogP contribution >= 0.6 is 15.9 Å². The molecule has 0 atom stereocenters. The highest BCUT2D eigenvalue weighted by molar-refractivity contribution is 9.10. The number of hydrogen-bond acceptors (Lipinski definition) is 2. The summed E-state index contributed by atoms with van der Waals surface area (Å²) in [4.78, 5) is 12.0. The number of benzene rings is 2. The maximum absolute atomic E-state index is 13.6. The Morgan fingerprint density at radius 1 is 1.26 bits per heavy atom. The largest absolute Gasteiger partial charge is 0.507 e. The van der Waals surface area contributed by atoms with Crippen LogP contribution in [0.4, 0.5) is 10.1 Å². The van der Waals surface area contributed by atoms with Crippen LogP contribution in [-0.4, -0.2) is 11.0 Å². The van der Waals surface area contributed by atoms with Gasteiger partial charge < -0.3 is 10.4 Å². The van der Waals surface area contributed by atoms with Crippen LogP contribution < -0.4 is 5.32 Å². The highest BCUT2D eigenvalue weighted by Crippen LogP contribution is 2.27. The molecule has 2 N–H and O–H groups in total. The van der Waals surface area contributed by atoms with Gasteiger partial charge in [-0.15, -0.1) is 0 Å². The Morgan fingerprint density at radius 3 is 2.63 bits per heavy atom. The van der Waals surface area contributed by atoms with Gasteiger partial charge in [-0.25, -0.2) is 4.39 Å². The van der Waals surface area contributed by atoms with Gasteiger partial charge in [0.1, 0.15) is 17.1 Å². The normalized spacial score (nSPS) is 10.3.